The summed E-state index contributed by atoms with van der Waals surface area (Å²) in [5.41, 5.74) is 1.15. The van der Waals surface area contributed by atoms with E-state index in [1.54, 1.807) is 7.11 Å². The van der Waals surface area contributed by atoms with Crippen LogP contribution >= 0.6 is 0 Å². The lowest BCUT2D eigenvalue weighted by Gasteiger charge is -2.33. The number of ether oxygens (including phenoxy) is 1. The lowest BCUT2D eigenvalue weighted by atomic mass is 9.96. The van der Waals surface area contributed by atoms with Crippen LogP contribution in [-0.2, 0) is 17.8 Å². The Balaban J connectivity index is 1.34. The Hall–Kier alpha value is -2.30. The van der Waals surface area contributed by atoms with Crippen molar-refractivity contribution in [3.8, 4) is 5.75 Å². The molecule has 5 heteroatoms. The van der Waals surface area contributed by atoms with Crippen LogP contribution < -0.4 is 4.74 Å². The normalized spacial score (nSPS) is 19.9. The summed E-state index contributed by atoms with van der Waals surface area (Å²) in [6, 6.07) is 7.99. The average Bonchev–Trinajstić information content (AvgIpc) is 3.41. The molecule has 0 N–H and O–H groups in total. The molecule has 1 saturated heterocycles. The van der Waals surface area contributed by atoms with Crippen molar-refractivity contribution in [2.24, 2.45) is 5.92 Å². The third-order valence-corrected chi connectivity index (χ3v) is 5.80. The number of benzene rings is 1. The number of methoxy groups -OCH3 is 1. The first-order valence-corrected chi connectivity index (χ1v) is 10.1. The van der Waals surface area contributed by atoms with Gasteiger partial charge in [-0.1, -0.05) is 12.1 Å². The quantitative estimate of drug-likeness (QED) is 0.751. The van der Waals surface area contributed by atoms with Gasteiger partial charge in [0.25, 0.3) is 0 Å². The van der Waals surface area contributed by atoms with Crippen LogP contribution in [0.25, 0.3) is 0 Å². The van der Waals surface area contributed by atoms with Crippen LogP contribution in [0.1, 0.15) is 49.4 Å². The molecule has 1 aliphatic carbocycles. The molecule has 1 saturated carbocycles. The fourth-order valence-corrected chi connectivity index (χ4v) is 4.07. The zero-order chi connectivity index (χ0) is 18.6. The van der Waals surface area contributed by atoms with Crippen molar-refractivity contribution in [1.29, 1.82) is 0 Å². The van der Waals surface area contributed by atoms with Crippen LogP contribution in [0.3, 0.4) is 0 Å². The van der Waals surface area contributed by atoms with Gasteiger partial charge in [0.05, 0.1) is 7.11 Å². The third-order valence-electron chi connectivity index (χ3n) is 5.80. The molecule has 1 aliphatic heterocycles. The fourth-order valence-electron chi connectivity index (χ4n) is 4.07. The second-order valence-electron chi connectivity index (χ2n) is 7.91. The molecule has 0 unspecified atom stereocenters. The highest BCUT2D eigenvalue weighted by Crippen LogP contribution is 2.33. The van der Waals surface area contributed by atoms with Gasteiger partial charge in [-0.2, -0.15) is 0 Å². The minimum Gasteiger partial charge on any atom is -0.497 e. The molecule has 2 heterocycles. The Morgan fingerprint density at radius 1 is 1.30 bits per heavy atom. The topological polar surface area (TPSA) is 47.4 Å². The standard InChI is InChI=1S/C22H29N3O2/c1-27-20-6-2-4-17(14-20)9-10-21(26)24-12-3-5-19(16-24)22-23-11-13-25(22)15-18-7-8-18/h2,4,6,11,13-14,18-19H,3,5,7-10,12,15-16H2,1H3/t19-/m1/s1. The van der Waals surface area contributed by atoms with Gasteiger partial charge in [-0.15, -0.1) is 0 Å². The van der Waals surface area contributed by atoms with E-state index in [1.807, 2.05) is 29.3 Å². The molecule has 2 fully saturated rings. The van der Waals surface area contributed by atoms with Crippen molar-refractivity contribution < 1.29 is 9.53 Å². The van der Waals surface area contributed by atoms with Crippen molar-refractivity contribution in [2.45, 2.75) is 51.0 Å². The molecule has 1 amide bonds. The van der Waals surface area contributed by atoms with Crippen molar-refractivity contribution in [1.82, 2.24) is 14.5 Å². The molecule has 0 spiro atoms. The van der Waals surface area contributed by atoms with Gasteiger partial charge in [-0.3, -0.25) is 4.79 Å². The van der Waals surface area contributed by atoms with Crippen LogP contribution in [0.2, 0.25) is 0 Å². The molecule has 1 aromatic carbocycles. The van der Waals surface area contributed by atoms with E-state index in [-0.39, 0.29) is 5.91 Å². The largest absolute Gasteiger partial charge is 0.497 e. The van der Waals surface area contributed by atoms with Crippen LogP contribution in [0, 0.1) is 5.92 Å². The highest BCUT2D eigenvalue weighted by Gasteiger charge is 2.29. The first-order chi connectivity index (χ1) is 13.2. The van der Waals surface area contributed by atoms with E-state index in [1.165, 1.54) is 18.7 Å². The number of carbonyl (C=O) groups is 1. The molecule has 0 radical (unpaired) electrons. The minimum absolute atomic E-state index is 0.253. The lowest BCUT2D eigenvalue weighted by molar-refractivity contribution is -0.132. The summed E-state index contributed by atoms with van der Waals surface area (Å²) in [5, 5.41) is 0. The lowest BCUT2D eigenvalue weighted by Crippen LogP contribution is -2.39. The van der Waals surface area contributed by atoms with E-state index in [9.17, 15) is 4.79 Å². The van der Waals surface area contributed by atoms with Gasteiger partial charge < -0.3 is 14.2 Å². The van der Waals surface area contributed by atoms with E-state index in [4.69, 9.17) is 4.74 Å². The maximum atomic E-state index is 12.8. The van der Waals surface area contributed by atoms with E-state index >= 15 is 0 Å². The number of rotatable bonds is 7. The molecule has 1 atom stereocenters. The average molecular weight is 367 g/mol. The molecule has 2 aromatic rings. The van der Waals surface area contributed by atoms with Gasteiger partial charge in [0, 0.05) is 44.4 Å². The highest BCUT2D eigenvalue weighted by molar-refractivity contribution is 5.76. The number of aryl methyl sites for hydroxylation is 1. The Morgan fingerprint density at radius 3 is 3.00 bits per heavy atom. The van der Waals surface area contributed by atoms with Gasteiger partial charge in [-0.25, -0.2) is 4.98 Å². The van der Waals surface area contributed by atoms with Gasteiger partial charge in [0.2, 0.25) is 5.91 Å². The monoisotopic (exact) mass is 367 g/mol. The molecule has 27 heavy (non-hydrogen) atoms. The Bertz CT molecular complexity index is 781. The molecule has 0 bridgehead atoms. The van der Waals surface area contributed by atoms with Crippen molar-refractivity contribution in [2.75, 3.05) is 20.2 Å². The van der Waals surface area contributed by atoms with E-state index in [0.29, 0.717) is 12.3 Å². The van der Waals surface area contributed by atoms with Gasteiger partial charge in [-0.05, 0) is 55.7 Å². The number of imidazole rings is 1. The number of likely N-dealkylation sites (tertiary alicyclic amines) is 1. The van der Waals surface area contributed by atoms with Crippen molar-refractivity contribution >= 4 is 5.91 Å². The maximum absolute atomic E-state index is 12.8. The summed E-state index contributed by atoms with van der Waals surface area (Å²) in [6.45, 7) is 2.77. The molecule has 4 rings (SSSR count). The summed E-state index contributed by atoms with van der Waals surface area (Å²) in [7, 11) is 1.67. The summed E-state index contributed by atoms with van der Waals surface area (Å²) < 4.78 is 7.60. The zero-order valence-corrected chi connectivity index (χ0v) is 16.1. The molecular weight excluding hydrogens is 338 g/mol. The first kappa shape index (κ1) is 18.1. The maximum Gasteiger partial charge on any atom is 0.222 e. The smallest absolute Gasteiger partial charge is 0.222 e. The second-order valence-corrected chi connectivity index (χ2v) is 7.91. The van der Waals surface area contributed by atoms with Crippen LogP contribution in [0.5, 0.6) is 5.75 Å². The molecular formula is C22H29N3O2. The van der Waals surface area contributed by atoms with Crippen molar-refractivity contribution in [3.05, 3.63) is 48.0 Å². The first-order valence-electron chi connectivity index (χ1n) is 10.1. The second kappa shape index (κ2) is 8.15. The number of aromatic nitrogens is 2. The number of carbonyl (C=O) groups excluding carboxylic acids is 1. The molecule has 5 nitrogen and oxygen atoms in total. The summed E-state index contributed by atoms with van der Waals surface area (Å²) >= 11 is 0. The van der Waals surface area contributed by atoms with Crippen LogP contribution in [-0.4, -0.2) is 40.6 Å². The molecule has 1 aromatic heterocycles. The number of piperidine rings is 1. The SMILES string of the molecule is COc1cccc(CCC(=O)N2CCC[C@@H](c3nccn3CC3CC3)C2)c1. The highest BCUT2D eigenvalue weighted by atomic mass is 16.5. The van der Waals surface area contributed by atoms with Crippen LogP contribution in [0.4, 0.5) is 0 Å². The predicted molar refractivity (Wildman–Crippen MR) is 105 cm³/mol. The number of amides is 1. The fraction of sp³-hybridized carbons (Fsp3) is 0.545. The number of hydrogen-bond acceptors (Lipinski definition) is 3. The van der Waals surface area contributed by atoms with Gasteiger partial charge in [0.15, 0.2) is 0 Å². The van der Waals surface area contributed by atoms with Crippen LogP contribution in [0.15, 0.2) is 36.7 Å². The van der Waals surface area contributed by atoms with Gasteiger partial charge >= 0.3 is 0 Å². The summed E-state index contributed by atoms with van der Waals surface area (Å²) in [6.07, 6.45) is 10.2. The number of hydrogen-bond donors (Lipinski definition) is 0. The number of nitrogens with zero attached hydrogens (tertiary/aromatic N) is 3. The Labute approximate surface area is 161 Å². The molecule has 2 aliphatic rings. The Kier molecular flexibility index (Phi) is 5.46. The van der Waals surface area contributed by atoms with Crippen molar-refractivity contribution in [3.63, 3.8) is 0 Å². The van der Waals surface area contributed by atoms with E-state index in [2.05, 4.69) is 21.8 Å². The minimum atomic E-state index is 0.253. The summed E-state index contributed by atoms with van der Waals surface area (Å²) in [4.78, 5) is 19.5. The summed E-state index contributed by atoms with van der Waals surface area (Å²) in [5.74, 6) is 3.48. The van der Waals surface area contributed by atoms with Gasteiger partial charge in [0.1, 0.15) is 11.6 Å². The van der Waals surface area contributed by atoms with E-state index < -0.39 is 0 Å². The Morgan fingerprint density at radius 2 is 2.19 bits per heavy atom. The third kappa shape index (κ3) is 4.52. The zero-order valence-electron chi connectivity index (χ0n) is 16.1. The molecule has 144 valence electrons. The predicted octanol–water partition coefficient (Wildman–Crippen LogP) is 3.64. The van der Waals surface area contributed by atoms with E-state index in [0.717, 1.165) is 56.1 Å².